The number of rotatable bonds is 5. The second-order valence-electron chi connectivity index (χ2n) is 5.77. The Bertz CT molecular complexity index is 367. The maximum absolute atomic E-state index is 3.75. The molecule has 2 saturated heterocycles. The van der Waals surface area contributed by atoms with Crippen LogP contribution in [0, 0.1) is 0 Å². The van der Waals surface area contributed by atoms with Crippen LogP contribution in [-0.2, 0) is 0 Å². The molecule has 19 heavy (non-hydrogen) atoms. The van der Waals surface area contributed by atoms with Crippen molar-refractivity contribution in [3.8, 4) is 0 Å². The fourth-order valence-corrected chi connectivity index (χ4v) is 3.29. The Morgan fingerprint density at radius 2 is 2.00 bits per heavy atom. The molecule has 2 fully saturated rings. The molecule has 0 aromatic heterocycles. The van der Waals surface area contributed by atoms with E-state index in [-0.39, 0.29) is 0 Å². The van der Waals surface area contributed by atoms with Crippen LogP contribution in [-0.4, -0.2) is 43.7 Å². The van der Waals surface area contributed by atoms with E-state index in [0.717, 1.165) is 19.6 Å². The van der Waals surface area contributed by atoms with Gasteiger partial charge >= 0.3 is 0 Å². The minimum Gasteiger partial charge on any atom is -0.315 e. The molecule has 2 aliphatic rings. The number of likely N-dealkylation sites (tertiary alicyclic amines) is 1. The summed E-state index contributed by atoms with van der Waals surface area (Å²) < 4.78 is 0. The lowest BCUT2D eigenvalue weighted by atomic mass is 10.1. The molecule has 2 N–H and O–H groups in total. The first-order valence-corrected chi connectivity index (χ1v) is 7.66. The van der Waals surface area contributed by atoms with Crippen LogP contribution in [0.15, 0.2) is 30.3 Å². The topological polar surface area (TPSA) is 27.3 Å². The van der Waals surface area contributed by atoms with Crippen molar-refractivity contribution in [2.24, 2.45) is 0 Å². The lowest BCUT2D eigenvalue weighted by Crippen LogP contribution is -2.39. The van der Waals surface area contributed by atoms with Crippen molar-refractivity contribution in [1.29, 1.82) is 0 Å². The first kappa shape index (κ1) is 13.1. The van der Waals surface area contributed by atoms with Crippen molar-refractivity contribution < 1.29 is 0 Å². The Balaban J connectivity index is 1.65. The molecule has 0 saturated carbocycles. The van der Waals surface area contributed by atoms with Gasteiger partial charge in [0.1, 0.15) is 0 Å². The van der Waals surface area contributed by atoms with Crippen LogP contribution in [0.25, 0.3) is 0 Å². The van der Waals surface area contributed by atoms with Gasteiger partial charge in [0.15, 0.2) is 0 Å². The molecule has 0 spiro atoms. The van der Waals surface area contributed by atoms with E-state index in [4.69, 9.17) is 0 Å². The molecule has 0 radical (unpaired) electrons. The summed E-state index contributed by atoms with van der Waals surface area (Å²) >= 11 is 0. The molecule has 2 unspecified atom stereocenters. The van der Waals surface area contributed by atoms with E-state index in [1.807, 2.05) is 0 Å². The Labute approximate surface area is 116 Å². The largest absolute Gasteiger partial charge is 0.315 e. The van der Waals surface area contributed by atoms with E-state index in [9.17, 15) is 0 Å². The van der Waals surface area contributed by atoms with Crippen LogP contribution in [0.4, 0.5) is 0 Å². The highest BCUT2D eigenvalue weighted by Gasteiger charge is 2.24. The lowest BCUT2D eigenvalue weighted by Gasteiger charge is -2.29. The summed E-state index contributed by atoms with van der Waals surface area (Å²) in [7, 11) is 0. The quantitative estimate of drug-likeness (QED) is 0.844. The van der Waals surface area contributed by atoms with E-state index in [1.165, 1.54) is 37.9 Å². The molecule has 0 amide bonds. The molecular formula is C16H25N3. The predicted molar refractivity (Wildman–Crippen MR) is 79.3 cm³/mol. The van der Waals surface area contributed by atoms with Gasteiger partial charge in [-0.15, -0.1) is 0 Å². The number of hydrogen-bond donors (Lipinski definition) is 2. The average molecular weight is 259 g/mol. The smallest absolute Gasteiger partial charge is 0.0472 e. The fraction of sp³-hybridized carbons (Fsp3) is 0.625. The van der Waals surface area contributed by atoms with E-state index >= 15 is 0 Å². The summed E-state index contributed by atoms with van der Waals surface area (Å²) in [5.41, 5.74) is 1.46. The molecule has 0 bridgehead atoms. The Morgan fingerprint density at radius 3 is 2.68 bits per heavy atom. The van der Waals surface area contributed by atoms with Crippen molar-refractivity contribution in [1.82, 2.24) is 15.5 Å². The lowest BCUT2D eigenvalue weighted by molar-refractivity contribution is 0.233. The monoisotopic (exact) mass is 259 g/mol. The average Bonchev–Trinajstić information content (AvgIpc) is 3.13. The highest BCUT2D eigenvalue weighted by atomic mass is 15.2. The van der Waals surface area contributed by atoms with Crippen molar-refractivity contribution in [2.45, 2.75) is 31.3 Å². The maximum atomic E-state index is 3.75. The molecule has 1 aromatic rings. The highest BCUT2D eigenvalue weighted by molar-refractivity contribution is 5.19. The summed E-state index contributed by atoms with van der Waals surface area (Å²) in [5.74, 6) is 0. The molecule has 0 aliphatic carbocycles. The van der Waals surface area contributed by atoms with E-state index in [0.29, 0.717) is 12.1 Å². The minimum absolute atomic E-state index is 0.546. The zero-order valence-electron chi connectivity index (χ0n) is 11.6. The Kier molecular flexibility index (Phi) is 4.49. The summed E-state index contributed by atoms with van der Waals surface area (Å²) in [6.07, 6.45) is 3.98. The normalized spacial score (nSPS) is 25.8. The van der Waals surface area contributed by atoms with Gasteiger partial charge in [0.25, 0.3) is 0 Å². The van der Waals surface area contributed by atoms with Gasteiger partial charge in [0.05, 0.1) is 0 Å². The first-order chi connectivity index (χ1) is 9.43. The molecular weight excluding hydrogens is 234 g/mol. The summed E-state index contributed by atoms with van der Waals surface area (Å²) in [6, 6.07) is 12.2. The van der Waals surface area contributed by atoms with Gasteiger partial charge in [0, 0.05) is 25.2 Å². The minimum atomic E-state index is 0.546. The summed E-state index contributed by atoms with van der Waals surface area (Å²) in [6.45, 7) is 5.88. The van der Waals surface area contributed by atoms with Crippen LogP contribution in [0.2, 0.25) is 0 Å². The second-order valence-corrected chi connectivity index (χ2v) is 5.77. The van der Waals surface area contributed by atoms with Gasteiger partial charge in [-0.05, 0) is 44.5 Å². The zero-order valence-corrected chi connectivity index (χ0v) is 11.6. The van der Waals surface area contributed by atoms with Gasteiger partial charge in [-0.3, -0.25) is 4.90 Å². The third-order valence-electron chi connectivity index (χ3n) is 4.43. The van der Waals surface area contributed by atoms with Crippen LogP contribution in [0.1, 0.15) is 30.9 Å². The summed E-state index contributed by atoms with van der Waals surface area (Å²) in [5, 5.41) is 7.18. The molecule has 2 atom stereocenters. The predicted octanol–water partition coefficient (Wildman–Crippen LogP) is 1.77. The number of nitrogens with one attached hydrogen (secondary N) is 2. The molecule has 3 nitrogen and oxygen atoms in total. The summed E-state index contributed by atoms with van der Waals surface area (Å²) in [4.78, 5) is 2.64. The van der Waals surface area contributed by atoms with Gasteiger partial charge < -0.3 is 10.6 Å². The van der Waals surface area contributed by atoms with Crippen LogP contribution in [0.5, 0.6) is 0 Å². The molecule has 2 aliphatic heterocycles. The SMILES string of the molecule is c1ccc(C(CNC2CCNC2)N2CCCC2)cc1. The van der Waals surface area contributed by atoms with Gasteiger partial charge in [-0.25, -0.2) is 0 Å². The van der Waals surface area contributed by atoms with Crippen LogP contribution in [0.3, 0.4) is 0 Å². The van der Waals surface area contributed by atoms with E-state index in [2.05, 4.69) is 45.9 Å². The first-order valence-electron chi connectivity index (χ1n) is 7.66. The molecule has 1 aromatic carbocycles. The molecule has 3 heteroatoms. The molecule has 3 rings (SSSR count). The molecule has 104 valence electrons. The van der Waals surface area contributed by atoms with Crippen molar-refractivity contribution >= 4 is 0 Å². The second kappa shape index (κ2) is 6.51. The van der Waals surface area contributed by atoms with Crippen molar-refractivity contribution in [3.05, 3.63) is 35.9 Å². The Morgan fingerprint density at radius 1 is 1.21 bits per heavy atom. The van der Waals surface area contributed by atoms with Crippen molar-refractivity contribution in [2.75, 3.05) is 32.7 Å². The van der Waals surface area contributed by atoms with Gasteiger partial charge in [-0.2, -0.15) is 0 Å². The Hall–Kier alpha value is -0.900. The third kappa shape index (κ3) is 3.35. The van der Waals surface area contributed by atoms with E-state index in [1.54, 1.807) is 0 Å². The fourth-order valence-electron chi connectivity index (χ4n) is 3.29. The maximum Gasteiger partial charge on any atom is 0.0472 e. The third-order valence-corrected chi connectivity index (χ3v) is 4.43. The van der Waals surface area contributed by atoms with Crippen molar-refractivity contribution in [3.63, 3.8) is 0 Å². The van der Waals surface area contributed by atoms with Crippen LogP contribution >= 0.6 is 0 Å². The van der Waals surface area contributed by atoms with Gasteiger partial charge in [-0.1, -0.05) is 30.3 Å². The molecule has 2 heterocycles. The zero-order chi connectivity index (χ0) is 12.9. The highest BCUT2D eigenvalue weighted by Crippen LogP contribution is 2.24. The van der Waals surface area contributed by atoms with Crippen LogP contribution < -0.4 is 10.6 Å². The standard InChI is InChI=1S/C16H25N3/c1-2-6-14(7-3-1)16(19-10-4-5-11-19)13-18-15-8-9-17-12-15/h1-3,6-7,15-18H,4-5,8-13H2. The number of nitrogens with zero attached hydrogens (tertiary/aromatic N) is 1. The number of hydrogen-bond acceptors (Lipinski definition) is 3. The van der Waals surface area contributed by atoms with E-state index < -0.39 is 0 Å². The number of benzene rings is 1. The van der Waals surface area contributed by atoms with Gasteiger partial charge in [0.2, 0.25) is 0 Å².